The third-order valence-corrected chi connectivity index (χ3v) is 6.22. The van der Waals surface area contributed by atoms with Crippen molar-refractivity contribution in [3.8, 4) is 0 Å². The van der Waals surface area contributed by atoms with Crippen molar-refractivity contribution in [3.05, 3.63) is 29.3 Å². The summed E-state index contributed by atoms with van der Waals surface area (Å²) in [5.74, 6) is 0.134. The van der Waals surface area contributed by atoms with Gasteiger partial charge in [0.05, 0.1) is 15.2 Å². The van der Waals surface area contributed by atoms with Crippen LogP contribution in [0.1, 0.15) is 30.7 Å². The fourth-order valence-corrected chi connectivity index (χ4v) is 4.43. The van der Waals surface area contributed by atoms with Gasteiger partial charge < -0.3 is 10.6 Å². The highest BCUT2D eigenvalue weighted by Crippen LogP contribution is 2.24. The zero-order valence-corrected chi connectivity index (χ0v) is 16.1. The fourth-order valence-electron chi connectivity index (χ4n) is 3.47. The Kier molecular flexibility index (Phi) is 6.21. The van der Waals surface area contributed by atoms with Crippen LogP contribution in [-0.4, -0.2) is 54.4 Å². The Morgan fingerprint density at radius 3 is 2.77 bits per heavy atom. The molecule has 0 bridgehead atoms. The number of likely N-dealkylation sites (tertiary alicyclic amines) is 1. The lowest BCUT2D eigenvalue weighted by Crippen LogP contribution is -2.42. The van der Waals surface area contributed by atoms with Gasteiger partial charge in [0.2, 0.25) is 11.8 Å². The Balaban J connectivity index is 1.42. The molecule has 6 nitrogen and oxygen atoms in total. The minimum atomic E-state index is 0.0624. The Morgan fingerprint density at radius 2 is 2.00 bits per heavy atom. The summed E-state index contributed by atoms with van der Waals surface area (Å²) in [6.07, 6.45) is 3.66. The van der Waals surface area contributed by atoms with Crippen molar-refractivity contribution in [3.63, 3.8) is 0 Å². The first-order valence-corrected chi connectivity index (χ1v) is 9.92. The van der Waals surface area contributed by atoms with E-state index in [2.05, 4.69) is 26.6 Å². The van der Waals surface area contributed by atoms with E-state index in [4.69, 9.17) is 0 Å². The molecular weight excluding hydrogens is 348 g/mol. The number of para-hydroxylation sites is 1. The molecular formula is C19H26N4O2S. The van der Waals surface area contributed by atoms with Crippen LogP contribution in [-0.2, 0) is 16.0 Å². The Labute approximate surface area is 158 Å². The highest BCUT2D eigenvalue weighted by Gasteiger charge is 2.31. The molecule has 1 aromatic carbocycles. The summed E-state index contributed by atoms with van der Waals surface area (Å²) in [7, 11) is 3.71. The number of hydrogen-bond acceptors (Lipinski definition) is 5. The van der Waals surface area contributed by atoms with Crippen LogP contribution < -0.4 is 10.6 Å². The molecule has 3 rings (SSSR count). The van der Waals surface area contributed by atoms with Crippen LogP contribution >= 0.6 is 11.3 Å². The average Bonchev–Trinajstić information content (AvgIpc) is 3.21. The average molecular weight is 375 g/mol. The Bertz CT molecular complexity index is 743. The summed E-state index contributed by atoms with van der Waals surface area (Å²) in [6, 6.07) is 8.61. The third-order valence-electron chi connectivity index (χ3n) is 5.12. The molecule has 2 heterocycles. The fraction of sp³-hybridized carbons (Fsp3) is 0.526. The molecule has 1 fully saturated rings. The van der Waals surface area contributed by atoms with Crippen molar-refractivity contribution < 1.29 is 9.59 Å². The maximum absolute atomic E-state index is 12.2. The van der Waals surface area contributed by atoms with Crippen molar-refractivity contribution in [1.82, 2.24) is 20.5 Å². The van der Waals surface area contributed by atoms with Crippen molar-refractivity contribution in [2.45, 2.75) is 44.2 Å². The van der Waals surface area contributed by atoms with Gasteiger partial charge in [0.1, 0.15) is 0 Å². The normalized spacial score (nSPS) is 20.4. The number of fused-ring (bicyclic) bond motifs is 1. The van der Waals surface area contributed by atoms with Gasteiger partial charge >= 0.3 is 0 Å². The number of carbonyl (C=O) groups excluding carboxylic acids is 2. The molecule has 26 heavy (non-hydrogen) atoms. The molecule has 1 aliphatic heterocycles. The molecule has 2 aromatic rings. The molecule has 2 atom stereocenters. The summed E-state index contributed by atoms with van der Waals surface area (Å²) < 4.78 is 1.16. The summed E-state index contributed by atoms with van der Waals surface area (Å²) in [5.41, 5.74) is 1.00. The largest absolute Gasteiger partial charge is 0.359 e. The zero-order chi connectivity index (χ0) is 18.5. The van der Waals surface area contributed by atoms with Crippen LogP contribution in [0, 0.1) is 0 Å². The molecule has 0 saturated carbocycles. The van der Waals surface area contributed by atoms with E-state index >= 15 is 0 Å². The first-order chi connectivity index (χ1) is 12.6. The first-order valence-electron chi connectivity index (χ1n) is 9.10. The summed E-state index contributed by atoms with van der Waals surface area (Å²) in [6.45, 7) is 0.638. The number of thiazole rings is 1. The van der Waals surface area contributed by atoms with Crippen molar-refractivity contribution >= 4 is 33.4 Å². The number of nitrogens with zero attached hydrogens (tertiary/aromatic N) is 2. The minimum absolute atomic E-state index is 0.0624. The lowest BCUT2D eigenvalue weighted by Gasteiger charge is -2.25. The topological polar surface area (TPSA) is 74.3 Å². The SMILES string of the molecule is CNC(=O)C[C@H]1CC[C@@H](CNC(=O)CCc2nc3ccccc3s2)N1C. The summed E-state index contributed by atoms with van der Waals surface area (Å²) in [5, 5.41) is 6.73. The van der Waals surface area contributed by atoms with E-state index in [0.717, 1.165) is 28.1 Å². The number of amides is 2. The van der Waals surface area contributed by atoms with E-state index in [1.165, 1.54) is 0 Å². The molecule has 7 heteroatoms. The number of hydrogen-bond donors (Lipinski definition) is 2. The third kappa shape index (κ3) is 4.59. The van der Waals surface area contributed by atoms with Gasteiger partial charge in [-0.15, -0.1) is 11.3 Å². The minimum Gasteiger partial charge on any atom is -0.359 e. The molecule has 1 aromatic heterocycles. The number of aryl methyl sites for hydroxylation is 1. The van der Waals surface area contributed by atoms with Crippen molar-refractivity contribution in [2.24, 2.45) is 0 Å². The smallest absolute Gasteiger partial charge is 0.221 e. The lowest BCUT2D eigenvalue weighted by atomic mass is 10.1. The molecule has 0 radical (unpaired) electrons. The first kappa shape index (κ1) is 18.8. The highest BCUT2D eigenvalue weighted by atomic mass is 32.1. The maximum atomic E-state index is 12.2. The molecule has 2 amide bonds. The quantitative estimate of drug-likeness (QED) is 0.777. The van der Waals surface area contributed by atoms with Gasteiger partial charge in [0.25, 0.3) is 0 Å². The highest BCUT2D eigenvalue weighted by molar-refractivity contribution is 7.18. The van der Waals surface area contributed by atoms with Gasteiger partial charge in [-0.1, -0.05) is 12.1 Å². The number of rotatable bonds is 7. The van der Waals surface area contributed by atoms with Crippen LogP contribution in [0.2, 0.25) is 0 Å². The number of likely N-dealkylation sites (N-methyl/N-ethyl adjacent to an activating group) is 1. The lowest BCUT2D eigenvalue weighted by molar-refractivity contribution is -0.122. The molecule has 0 unspecified atom stereocenters. The Morgan fingerprint density at radius 1 is 1.23 bits per heavy atom. The van der Waals surface area contributed by atoms with E-state index < -0.39 is 0 Å². The zero-order valence-electron chi connectivity index (χ0n) is 15.3. The van der Waals surface area contributed by atoms with Crippen molar-refractivity contribution in [2.75, 3.05) is 20.6 Å². The number of aromatic nitrogens is 1. The molecule has 0 spiro atoms. The molecule has 0 aliphatic carbocycles. The standard InChI is InChI=1S/C19H26N4O2S/c1-20-18(25)11-13-7-8-14(23(13)2)12-21-17(24)9-10-19-22-15-5-3-4-6-16(15)26-19/h3-6,13-14H,7-12H2,1-2H3,(H,20,25)(H,21,24)/t13-,14+/m1/s1. The monoisotopic (exact) mass is 374 g/mol. The predicted molar refractivity (Wildman–Crippen MR) is 104 cm³/mol. The molecule has 2 N–H and O–H groups in total. The second-order valence-corrected chi connectivity index (χ2v) is 7.92. The van der Waals surface area contributed by atoms with E-state index in [1.54, 1.807) is 18.4 Å². The maximum Gasteiger partial charge on any atom is 0.221 e. The van der Waals surface area contributed by atoms with E-state index in [9.17, 15) is 9.59 Å². The second kappa shape index (κ2) is 8.60. The summed E-state index contributed by atoms with van der Waals surface area (Å²) >= 11 is 1.65. The van der Waals surface area contributed by atoms with Crippen molar-refractivity contribution in [1.29, 1.82) is 0 Å². The van der Waals surface area contributed by atoms with Crippen LogP contribution in [0.15, 0.2) is 24.3 Å². The van der Waals surface area contributed by atoms with E-state index in [0.29, 0.717) is 31.8 Å². The molecule has 1 aliphatic rings. The van der Waals surface area contributed by atoms with Gasteiger partial charge in [0.15, 0.2) is 0 Å². The van der Waals surface area contributed by atoms with Gasteiger partial charge in [-0.25, -0.2) is 4.98 Å². The van der Waals surface area contributed by atoms with Gasteiger partial charge in [0, 0.05) is 44.9 Å². The van der Waals surface area contributed by atoms with Crippen LogP contribution in [0.5, 0.6) is 0 Å². The second-order valence-electron chi connectivity index (χ2n) is 6.81. The van der Waals surface area contributed by atoms with E-state index in [1.807, 2.05) is 25.2 Å². The van der Waals surface area contributed by atoms with Gasteiger partial charge in [-0.05, 0) is 32.0 Å². The van der Waals surface area contributed by atoms with Gasteiger partial charge in [-0.3, -0.25) is 14.5 Å². The van der Waals surface area contributed by atoms with E-state index in [-0.39, 0.29) is 17.9 Å². The number of benzene rings is 1. The number of carbonyl (C=O) groups is 2. The Hall–Kier alpha value is -1.99. The predicted octanol–water partition coefficient (Wildman–Crippen LogP) is 1.94. The number of nitrogens with one attached hydrogen (secondary N) is 2. The molecule has 140 valence electrons. The molecule has 1 saturated heterocycles. The van der Waals surface area contributed by atoms with Crippen LogP contribution in [0.25, 0.3) is 10.2 Å². The van der Waals surface area contributed by atoms with Gasteiger partial charge in [-0.2, -0.15) is 0 Å². The van der Waals surface area contributed by atoms with Crippen LogP contribution in [0.4, 0.5) is 0 Å². The summed E-state index contributed by atoms with van der Waals surface area (Å²) in [4.78, 5) is 30.5. The van der Waals surface area contributed by atoms with Crippen LogP contribution in [0.3, 0.4) is 0 Å².